The third-order valence-electron chi connectivity index (χ3n) is 1.97. The van der Waals surface area contributed by atoms with E-state index in [9.17, 15) is 0 Å². The summed E-state index contributed by atoms with van der Waals surface area (Å²) >= 11 is 0. The summed E-state index contributed by atoms with van der Waals surface area (Å²) in [6.07, 6.45) is 0. The molecule has 0 aliphatic heterocycles. The summed E-state index contributed by atoms with van der Waals surface area (Å²) in [5, 5.41) is 0. The first-order chi connectivity index (χ1) is 7.30. The molecule has 2 N–H and O–H groups in total. The van der Waals surface area contributed by atoms with E-state index in [1.807, 2.05) is 18.2 Å². The number of hydrogen-bond acceptors (Lipinski definition) is 4. The fraction of sp³-hybridized carbons (Fsp3) is 0.455. The fourth-order valence-electron chi connectivity index (χ4n) is 1.19. The van der Waals surface area contributed by atoms with Gasteiger partial charge in [0.2, 0.25) is 0 Å². The van der Waals surface area contributed by atoms with Crippen LogP contribution < -0.4 is 15.2 Å². The molecule has 0 unspecified atom stereocenters. The highest BCUT2D eigenvalue weighted by Gasteiger charge is 2.01. The molecule has 0 radical (unpaired) electrons. The van der Waals surface area contributed by atoms with Gasteiger partial charge in [0, 0.05) is 19.7 Å². The summed E-state index contributed by atoms with van der Waals surface area (Å²) in [5.41, 5.74) is 6.55. The minimum atomic E-state index is 0.470. The summed E-state index contributed by atoms with van der Waals surface area (Å²) in [6.45, 7) is 1.56. The van der Waals surface area contributed by atoms with Crippen molar-refractivity contribution in [3.8, 4) is 11.5 Å². The molecule has 0 amide bonds. The lowest BCUT2D eigenvalue weighted by Crippen LogP contribution is -2.05. The Morgan fingerprint density at radius 2 is 1.80 bits per heavy atom. The van der Waals surface area contributed by atoms with Crippen LogP contribution in [-0.4, -0.2) is 27.4 Å². The van der Waals surface area contributed by atoms with E-state index >= 15 is 0 Å². The lowest BCUT2D eigenvalue weighted by atomic mass is 10.2. The van der Waals surface area contributed by atoms with Gasteiger partial charge in [-0.05, 0) is 17.7 Å². The van der Waals surface area contributed by atoms with Gasteiger partial charge in [0.25, 0.3) is 0 Å². The first kappa shape index (κ1) is 11.8. The van der Waals surface area contributed by atoms with E-state index in [1.54, 1.807) is 14.2 Å². The van der Waals surface area contributed by atoms with Gasteiger partial charge in [-0.1, -0.05) is 0 Å². The number of nitrogens with two attached hydrogens (primary N) is 1. The van der Waals surface area contributed by atoms with Crippen LogP contribution in [0, 0.1) is 0 Å². The van der Waals surface area contributed by atoms with E-state index in [4.69, 9.17) is 19.9 Å². The second-order valence-electron chi connectivity index (χ2n) is 3.06. The van der Waals surface area contributed by atoms with Gasteiger partial charge in [-0.25, -0.2) is 0 Å². The van der Waals surface area contributed by atoms with Gasteiger partial charge in [-0.2, -0.15) is 0 Å². The van der Waals surface area contributed by atoms with Crippen LogP contribution in [0.25, 0.3) is 0 Å². The van der Waals surface area contributed by atoms with E-state index < -0.39 is 0 Å². The van der Waals surface area contributed by atoms with Gasteiger partial charge >= 0.3 is 0 Å². The predicted molar refractivity (Wildman–Crippen MR) is 58.3 cm³/mol. The van der Waals surface area contributed by atoms with Crippen LogP contribution in [0.5, 0.6) is 11.5 Å². The second kappa shape index (κ2) is 6.27. The van der Waals surface area contributed by atoms with Crippen molar-refractivity contribution in [2.24, 2.45) is 5.73 Å². The Morgan fingerprint density at radius 1 is 1.07 bits per heavy atom. The monoisotopic (exact) mass is 211 g/mol. The molecule has 0 aliphatic rings. The summed E-state index contributed by atoms with van der Waals surface area (Å²) in [5.74, 6) is 1.51. The molecule has 0 fully saturated rings. The van der Waals surface area contributed by atoms with Gasteiger partial charge in [0.15, 0.2) is 0 Å². The SMILES string of the molecule is COCCOc1cc(CN)cc(OC)c1. The minimum Gasteiger partial charge on any atom is -0.497 e. The average molecular weight is 211 g/mol. The molecule has 0 atom stereocenters. The van der Waals surface area contributed by atoms with Crippen molar-refractivity contribution in [1.29, 1.82) is 0 Å². The number of methoxy groups -OCH3 is 2. The Hall–Kier alpha value is -1.26. The summed E-state index contributed by atoms with van der Waals surface area (Å²) in [7, 11) is 3.26. The van der Waals surface area contributed by atoms with Crippen LogP contribution in [0.4, 0.5) is 0 Å². The van der Waals surface area contributed by atoms with Crippen molar-refractivity contribution in [3.63, 3.8) is 0 Å². The van der Waals surface area contributed by atoms with E-state index in [1.165, 1.54) is 0 Å². The molecule has 0 bridgehead atoms. The fourth-order valence-corrected chi connectivity index (χ4v) is 1.19. The summed E-state index contributed by atoms with van der Waals surface area (Å²) in [6, 6.07) is 5.62. The number of rotatable bonds is 6. The Labute approximate surface area is 89.9 Å². The summed E-state index contributed by atoms with van der Waals surface area (Å²) < 4.78 is 15.5. The molecule has 15 heavy (non-hydrogen) atoms. The zero-order valence-corrected chi connectivity index (χ0v) is 9.16. The van der Waals surface area contributed by atoms with E-state index in [2.05, 4.69) is 0 Å². The maximum absolute atomic E-state index is 5.56. The molecule has 84 valence electrons. The number of hydrogen-bond donors (Lipinski definition) is 1. The largest absolute Gasteiger partial charge is 0.497 e. The van der Waals surface area contributed by atoms with Gasteiger partial charge in [-0.3, -0.25) is 0 Å². The van der Waals surface area contributed by atoms with Crippen LogP contribution in [-0.2, 0) is 11.3 Å². The van der Waals surface area contributed by atoms with Crippen molar-refractivity contribution in [2.75, 3.05) is 27.4 Å². The first-order valence-corrected chi connectivity index (χ1v) is 4.80. The topological polar surface area (TPSA) is 53.7 Å². The molecule has 4 nitrogen and oxygen atoms in total. The average Bonchev–Trinajstić information content (AvgIpc) is 2.29. The van der Waals surface area contributed by atoms with Gasteiger partial charge in [-0.15, -0.1) is 0 Å². The van der Waals surface area contributed by atoms with Crippen molar-refractivity contribution in [1.82, 2.24) is 0 Å². The molecule has 0 saturated heterocycles. The lowest BCUT2D eigenvalue weighted by molar-refractivity contribution is 0.146. The van der Waals surface area contributed by atoms with Gasteiger partial charge in [0.1, 0.15) is 18.1 Å². The van der Waals surface area contributed by atoms with Crippen LogP contribution in [0.3, 0.4) is 0 Å². The maximum Gasteiger partial charge on any atom is 0.123 e. The standard InChI is InChI=1S/C11H17NO3/c1-13-3-4-15-11-6-9(8-12)5-10(7-11)14-2/h5-7H,3-4,8,12H2,1-2H3. The van der Waals surface area contributed by atoms with E-state index in [-0.39, 0.29) is 0 Å². The second-order valence-corrected chi connectivity index (χ2v) is 3.06. The zero-order chi connectivity index (χ0) is 11.1. The molecule has 0 heterocycles. The highest BCUT2D eigenvalue weighted by molar-refractivity contribution is 5.38. The first-order valence-electron chi connectivity index (χ1n) is 4.80. The lowest BCUT2D eigenvalue weighted by Gasteiger charge is -2.09. The maximum atomic E-state index is 5.56. The normalized spacial score (nSPS) is 10.1. The molecule has 4 heteroatoms. The molecule has 1 aromatic carbocycles. The molecule has 0 spiro atoms. The third kappa shape index (κ3) is 3.77. The van der Waals surface area contributed by atoms with Crippen LogP contribution in [0.1, 0.15) is 5.56 Å². The Morgan fingerprint density at radius 3 is 2.40 bits per heavy atom. The molecular weight excluding hydrogens is 194 g/mol. The molecular formula is C11H17NO3. The molecule has 1 rings (SSSR count). The molecule has 0 aliphatic carbocycles. The quantitative estimate of drug-likeness (QED) is 0.718. The Bertz CT molecular complexity index is 280. The Kier molecular flexibility index (Phi) is 4.93. The van der Waals surface area contributed by atoms with Crippen molar-refractivity contribution in [2.45, 2.75) is 6.54 Å². The summed E-state index contributed by atoms with van der Waals surface area (Å²) in [4.78, 5) is 0. The smallest absolute Gasteiger partial charge is 0.123 e. The van der Waals surface area contributed by atoms with E-state index in [0.717, 1.165) is 17.1 Å². The predicted octanol–water partition coefficient (Wildman–Crippen LogP) is 1.18. The van der Waals surface area contributed by atoms with E-state index in [0.29, 0.717) is 19.8 Å². The Balaban J connectivity index is 2.68. The van der Waals surface area contributed by atoms with Crippen molar-refractivity contribution >= 4 is 0 Å². The highest BCUT2D eigenvalue weighted by Crippen LogP contribution is 2.22. The number of ether oxygens (including phenoxy) is 3. The van der Waals surface area contributed by atoms with Gasteiger partial charge in [0.05, 0.1) is 13.7 Å². The minimum absolute atomic E-state index is 0.470. The van der Waals surface area contributed by atoms with Crippen LogP contribution in [0.15, 0.2) is 18.2 Å². The zero-order valence-electron chi connectivity index (χ0n) is 9.16. The highest BCUT2D eigenvalue weighted by atomic mass is 16.5. The van der Waals surface area contributed by atoms with Crippen molar-refractivity contribution < 1.29 is 14.2 Å². The van der Waals surface area contributed by atoms with Gasteiger partial charge < -0.3 is 19.9 Å². The van der Waals surface area contributed by atoms with Crippen LogP contribution >= 0.6 is 0 Å². The third-order valence-corrected chi connectivity index (χ3v) is 1.97. The molecule has 0 saturated carbocycles. The molecule has 0 aromatic heterocycles. The number of benzene rings is 1. The molecule has 1 aromatic rings. The van der Waals surface area contributed by atoms with Crippen LogP contribution in [0.2, 0.25) is 0 Å². The van der Waals surface area contributed by atoms with Crippen molar-refractivity contribution in [3.05, 3.63) is 23.8 Å².